The Kier molecular flexibility index (Phi) is 6.30. The summed E-state index contributed by atoms with van der Waals surface area (Å²) in [4.78, 5) is 11.3. The van der Waals surface area contributed by atoms with Crippen molar-refractivity contribution in [1.29, 1.82) is 0 Å². The first-order valence-electron chi connectivity index (χ1n) is 5.37. The molecule has 1 aromatic heterocycles. The van der Waals surface area contributed by atoms with Crippen molar-refractivity contribution in [1.82, 2.24) is 15.5 Å². The van der Waals surface area contributed by atoms with Crippen molar-refractivity contribution in [3.05, 3.63) is 17.2 Å². The van der Waals surface area contributed by atoms with Crippen LogP contribution >= 0.6 is 11.3 Å². The van der Waals surface area contributed by atoms with Gasteiger partial charge in [-0.3, -0.25) is 5.32 Å². The molecule has 1 heterocycles. The van der Waals surface area contributed by atoms with Gasteiger partial charge in [0.15, 0.2) is 5.01 Å². The molecule has 2 N–H and O–H groups in total. The Morgan fingerprint density at radius 2 is 2.26 bits per heavy atom. The molecule has 0 spiro atoms. The molecule has 0 aromatic carbocycles. The Morgan fingerprint density at radius 3 is 2.84 bits per heavy atom. The van der Waals surface area contributed by atoms with Crippen LogP contribution in [0.5, 0.6) is 0 Å². The van der Waals surface area contributed by atoms with Crippen LogP contribution in [0.25, 0.3) is 0 Å². The van der Waals surface area contributed by atoms with Crippen molar-refractivity contribution in [3.8, 4) is 0 Å². The number of anilines is 1. The normalized spacial score (nSPS) is 10.5. The van der Waals surface area contributed by atoms with Crippen molar-refractivity contribution in [3.63, 3.8) is 0 Å². The fourth-order valence-corrected chi connectivity index (χ4v) is 1.59. The van der Waals surface area contributed by atoms with Gasteiger partial charge in [0.2, 0.25) is 5.13 Å². The minimum atomic E-state index is -2.69. The topological polar surface area (TPSA) is 76.1 Å². The molecule has 0 aliphatic rings. The molecule has 0 atom stereocenters. The minimum absolute atomic E-state index is 0.0238. The number of halogens is 2. The van der Waals surface area contributed by atoms with E-state index in [0.717, 1.165) is 5.57 Å². The van der Waals surface area contributed by atoms with Crippen molar-refractivity contribution in [2.45, 2.75) is 13.3 Å². The quantitative estimate of drug-likeness (QED) is 0.596. The third-order valence-electron chi connectivity index (χ3n) is 1.73. The average molecular weight is 292 g/mol. The summed E-state index contributed by atoms with van der Waals surface area (Å²) in [6.07, 6.45) is -2.69. The van der Waals surface area contributed by atoms with Crippen LogP contribution in [0.1, 0.15) is 18.4 Å². The molecule has 0 radical (unpaired) electrons. The monoisotopic (exact) mass is 292 g/mol. The summed E-state index contributed by atoms with van der Waals surface area (Å²) in [6.45, 7) is 6.54. The number of carbonyl (C=O) groups is 1. The number of nitrogens with zero attached hydrogens (tertiary/aromatic N) is 2. The number of hydrogen-bond acceptors (Lipinski definition) is 5. The van der Waals surface area contributed by atoms with E-state index in [9.17, 15) is 13.6 Å². The first-order chi connectivity index (χ1) is 8.99. The Hall–Kier alpha value is -1.61. The van der Waals surface area contributed by atoms with Gasteiger partial charge in [0.25, 0.3) is 6.43 Å². The predicted octanol–water partition coefficient (Wildman–Crippen LogP) is 2.19. The maximum absolute atomic E-state index is 12.2. The van der Waals surface area contributed by atoms with Crippen molar-refractivity contribution in [2.75, 3.05) is 25.1 Å². The number of nitrogens with one attached hydrogen (secondary N) is 2. The average Bonchev–Trinajstić information content (AvgIpc) is 2.76. The zero-order valence-electron chi connectivity index (χ0n) is 10.3. The van der Waals surface area contributed by atoms with Crippen LogP contribution in [-0.2, 0) is 4.74 Å². The molecular formula is C10H14F2N4O2S. The summed E-state index contributed by atoms with van der Waals surface area (Å²) in [7, 11) is 0. The van der Waals surface area contributed by atoms with Crippen LogP contribution in [0.15, 0.2) is 12.2 Å². The molecule has 0 unspecified atom stereocenters. The molecule has 106 valence electrons. The van der Waals surface area contributed by atoms with Gasteiger partial charge in [-0.15, -0.1) is 10.2 Å². The van der Waals surface area contributed by atoms with E-state index in [1.54, 1.807) is 0 Å². The van der Waals surface area contributed by atoms with Crippen molar-refractivity contribution >= 4 is 22.5 Å². The molecule has 0 bridgehead atoms. The van der Waals surface area contributed by atoms with E-state index in [1.807, 2.05) is 6.92 Å². The number of hydrogen-bond donors (Lipinski definition) is 2. The molecule has 0 aliphatic carbocycles. The summed E-state index contributed by atoms with van der Waals surface area (Å²) in [6, 6.07) is -0.545. The molecule has 6 nitrogen and oxygen atoms in total. The number of carbonyl (C=O) groups excluding carboxylic acids is 1. The molecule has 0 fully saturated rings. The molecule has 1 aromatic rings. The van der Waals surface area contributed by atoms with Gasteiger partial charge in [0, 0.05) is 6.54 Å². The number of urea groups is 1. The Labute approximate surface area is 112 Å². The fourth-order valence-electron chi connectivity index (χ4n) is 0.998. The SMILES string of the molecule is C=C(C)COCCNC(=O)Nc1nnc(C(F)F)s1. The van der Waals surface area contributed by atoms with Crippen molar-refractivity contribution in [2.24, 2.45) is 0 Å². The van der Waals surface area contributed by atoms with Gasteiger partial charge < -0.3 is 10.1 Å². The third kappa shape index (κ3) is 6.20. The van der Waals surface area contributed by atoms with E-state index in [0.29, 0.717) is 31.1 Å². The second kappa shape index (κ2) is 7.74. The first-order valence-corrected chi connectivity index (χ1v) is 6.19. The van der Waals surface area contributed by atoms with Gasteiger partial charge in [0.05, 0.1) is 13.2 Å². The lowest BCUT2D eigenvalue weighted by Gasteiger charge is -2.06. The second-order valence-corrected chi connectivity index (χ2v) is 4.65. The van der Waals surface area contributed by atoms with E-state index in [4.69, 9.17) is 4.74 Å². The van der Waals surface area contributed by atoms with Crippen LogP contribution < -0.4 is 10.6 Å². The lowest BCUT2D eigenvalue weighted by atomic mass is 10.4. The third-order valence-corrected chi connectivity index (χ3v) is 2.57. The lowest BCUT2D eigenvalue weighted by molar-refractivity contribution is 0.150. The van der Waals surface area contributed by atoms with Gasteiger partial charge in [-0.05, 0) is 6.92 Å². The highest BCUT2D eigenvalue weighted by molar-refractivity contribution is 7.15. The summed E-state index contributed by atoms with van der Waals surface area (Å²) in [5.41, 5.74) is 0.887. The van der Waals surface area contributed by atoms with E-state index < -0.39 is 17.5 Å². The zero-order chi connectivity index (χ0) is 14.3. The number of amides is 2. The van der Waals surface area contributed by atoms with Crippen LogP contribution in [0.4, 0.5) is 18.7 Å². The molecule has 2 amide bonds. The van der Waals surface area contributed by atoms with Crippen LogP contribution in [0.3, 0.4) is 0 Å². The number of aromatic nitrogens is 2. The zero-order valence-corrected chi connectivity index (χ0v) is 11.1. The summed E-state index contributed by atoms with van der Waals surface area (Å²) in [5.74, 6) is 0. The minimum Gasteiger partial charge on any atom is -0.375 e. The summed E-state index contributed by atoms with van der Waals surface area (Å²) >= 11 is 0.630. The summed E-state index contributed by atoms with van der Waals surface area (Å²) in [5, 5.41) is 11.0. The Balaban J connectivity index is 2.21. The molecule has 0 saturated heterocycles. The second-order valence-electron chi connectivity index (χ2n) is 3.64. The highest BCUT2D eigenvalue weighted by Gasteiger charge is 2.14. The smallest absolute Gasteiger partial charge is 0.321 e. The van der Waals surface area contributed by atoms with E-state index in [1.165, 1.54) is 0 Å². The standard InChI is InChI=1S/C10H14F2N4O2S/c1-6(2)5-18-4-3-13-9(17)14-10-16-15-8(19-10)7(11)12/h7H,1,3-5H2,2H3,(H2,13,14,16,17). The van der Waals surface area contributed by atoms with Crippen LogP contribution in [0, 0.1) is 0 Å². The fraction of sp³-hybridized carbons (Fsp3) is 0.500. The largest absolute Gasteiger partial charge is 0.375 e. The van der Waals surface area contributed by atoms with Crippen LogP contribution in [0.2, 0.25) is 0 Å². The Bertz CT molecular complexity index is 439. The van der Waals surface area contributed by atoms with Crippen molar-refractivity contribution < 1.29 is 18.3 Å². The lowest BCUT2D eigenvalue weighted by Crippen LogP contribution is -2.31. The molecule has 19 heavy (non-hydrogen) atoms. The maximum atomic E-state index is 12.2. The van der Waals surface area contributed by atoms with Gasteiger partial charge in [0.1, 0.15) is 0 Å². The number of rotatable bonds is 7. The highest BCUT2D eigenvalue weighted by atomic mass is 32.1. The van der Waals surface area contributed by atoms with E-state index >= 15 is 0 Å². The predicted molar refractivity (Wildman–Crippen MR) is 67.5 cm³/mol. The Morgan fingerprint density at radius 1 is 1.53 bits per heavy atom. The molecule has 0 saturated carbocycles. The van der Waals surface area contributed by atoms with Gasteiger partial charge in [-0.1, -0.05) is 23.5 Å². The summed E-state index contributed by atoms with van der Waals surface area (Å²) < 4.78 is 29.6. The maximum Gasteiger partial charge on any atom is 0.321 e. The highest BCUT2D eigenvalue weighted by Crippen LogP contribution is 2.24. The molecule has 9 heteroatoms. The molecule has 0 aliphatic heterocycles. The van der Waals surface area contributed by atoms with E-state index in [2.05, 4.69) is 27.4 Å². The van der Waals surface area contributed by atoms with Gasteiger partial charge in [-0.25, -0.2) is 13.6 Å². The van der Waals surface area contributed by atoms with Crippen LogP contribution in [-0.4, -0.2) is 36.0 Å². The van der Waals surface area contributed by atoms with Gasteiger partial charge >= 0.3 is 6.03 Å². The number of ether oxygens (including phenoxy) is 1. The van der Waals surface area contributed by atoms with E-state index in [-0.39, 0.29) is 5.13 Å². The first kappa shape index (κ1) is 15.4. The molecular weight excluding hydrogens is 278 g/mol. The molecule has 1 rings (SSSR count). The number of alkyl halides is 2. The van der Waals surface area contributed by atoms with Gasteiger partial charge in [-0.2, -0.15) is 0 Å².